The molecule has 0 saturated heterocycles. The van der Waals surface area contributed by atoms with E-state index >= 15 is 0 Å². The molecule has 1 heterocycles. The van der Waals surface area contributed by atoms with E-state index in [-0.39, 0.29) is 5.91 Å². The van der Waals surface area contributed by atoms with Crippen molar-refractivity contribution in [3.05, 3.63) is 12.1 Å². The molecule has 1 aromatic carbocycles. The lowest BCUT2D eigenvalue weighted by Gasteiger charge is -2.32. The van der Waals surface area contributed by atoms with E-state index in [4.69, 9.17) is 10.5 Å². The molecule has 0 saturated carbocycles. The summed E-state index contributed by atoms with van der Waals surface area (Å²) < 4.78 is 5.77. The highest BCUT2D eigenvalue weighted by Gasteiger charge is 2.35. The predicted octanol–water partition coefficient (Wildman–Crippen LogP) is 1.99. The second-order valence-corrected chi connectivity index (χ2v) is 6.70. The lowest BCUT2D eigenvalue weighted by molar-refractivity contribution is -0.129. The molecule has 0 fully saturated rings. The van der Waals surface area contributed by atoms with Crippen LogP contribution in [-0.4, -0.2) is 35.1 Å². The Balaban J connectivity index is 2.29. The number of hydrogen-bond acceptors (Lipinski definition) is 5. The van der Waals surface area contributed by atoms with Gasteiger partial charge in [0.25, 0.3) is 5.91 Å². The van der Waals surface area contributed by atoms with Gasteiger partial charge >= 0.3 is 0 Å². The van der Waals surface area contributed by atoms with Gasteiger partial charge in [-0.2, -0.15) is 0 Å². The van der Waals surface area contributed by atoms with Crippen molar-refractivity contribution < 1.29 is 14.6 Å². The zero-order valence-electron chi connectivity index (χ0n) is 13.9. The fraction of sp³-hybridized carbons (Fsp3) is 0.500. The molecular weight excluding hydrogens is 296 g/mol. The number of carbonyl (C=O) groups excluding carboxylic acids is 1. The molecule has 1 aliphatic rings. The SMILES string of the molecule is CC(C)(O)CCNc1cc2c(cc1N=CN)NC(=O)C(C)(C)O2. The van der Waals surface area contributed by atoms with Crippen molar-refractivity contribution in [2.45, 2.75) is 45.3 Å². The first-order chi connectivity index (χ1) is 10.6. The van der Waals surface area contributed by atoms with E-state index in [0.717, 1.165) is 5.69 Å². The molecule has 2 rings (SSSR count). The van der Waals surface area contributed by atoms with Gasteiger partial charge < -0.3 is 26.2 Å². The summed E-state index contributed by atoms with van der Waals surface area (Å²) in [6.45, 7) is 7.48. The summed E-state index contributed by atoms with van der Waals surface area (Å²) in [5.74, 6) is 0.353. The molecule has 0 aromatic heterocycles. The average molecular weight is 320 g/mol. The molecule has 0 bridgehead atoms. The number of carbonyl (C=O) groups is 1. The zero-order chi connectivity index (χ0) is 17.3. The van der Waals surface area contributed by atoms with Gasteiger partial charge in [0.1, 0.15) is 5.75 Å². The van der Waals surface area contributed by atoms with Crippen molar-refractivity contribution in [2.75, 3.05) is 17.2 Å². The van der Waals surface area contributed by atoms with Gasteiger partial charge in [0.05, 0.1) is 29.0 Å². The first kappa shape index (κ1) is 17.1. The van der Waals surface area contributed by atoms with Crippen LogP contribution in [0.5, 0.6) is 5.75 Å². The molecule has 0 aliphatic carbocycles. The molecule has 0 spiro atoms. The maximum atomic E-state index is 12.0. The van der Waals surface area contributed by atoms with Gasteiger partial charge in [-0.05, 0) is 40.2 Å². The number of aliphatic hydroxyl groups is 1. The first-order valence-corrected chi connectivity index (χ1v) is 7.51. The van der Waals surface area contributed by atoms with Crippen LogP contribution < -0.4 is 21.1 Å². The summed E-state index contributed by atoms with van der Waals surface area (Å²) in [5.41, 5.74) is 5.57. The first-order valence-electron chi connectivity index (χ1n) is 7.51. The van der Waals surface area contributed by atoms with Crippen molar-refractivity contribution in [1.82, 2.24) is 0 Å². The summed E-state index contributed by atoms with van der Waals surface area (Å²) in [5, 5.41) is 15.8. The molecule has 7 nitrogen and oxygen atoms in total. The normalized spacial score (nSPS) is 16.7. The van der Waals surface area contributed by atoms with Crippen LogP contribution in [0.3, 0.4) is 0 Å². The van der Waals surface area contributed by atoms with E-state index < -0.39 is 11.2 Å². The molecular formula is C16H24N4O3. The van der Waals surface area contributed by atoms with Crippen molar-refractivity contribution in [1.29, 1.82) is 0 Å². The number of anilines is 2. The van der Waals surface area contributed by atoms with Crippen LogP contribution in [0.1, 0.15) is 34.1 Å². The van der Waals surface area contributed by atoms with Crippen LogP contribution in [-0.2, 0) is 4.79 Å². The van der Waals surface area contributed by atoms with E-state index in [1.54, 1.807) is 39.8 Å². The van der Waals surface area contributed by atoms with Crippen LogP contribution in [0, 0.1) is 0 Å². The Morgan fingerprint density at radius 3 is 2.78 bits per heavy atom. The Kier molecular flexibility index (Phi) is 4.51. The molecule has 1 amide bonds. The van der Waals surface area contributed by atoms with Gasteiger partial charge in [-0.1, -0.05) is 0 Å². The Bertz CT molecular complexity index is 633. The average Bonchev–Trinajstić information content (AvgIpc) is 2.40. The van der Waals surface area contributed by atoms with Crippen LogP contribution in [0.2, 0.25) is 0 Å². The van der Waals surface area contributed by atoms with E-state index in [2.05, 4.69) is 15.6 Å². The van der Waals surface area contributed by atoms with Crippen LogP contribution in [0.25, 0.3) is 0 Å². The van der Waals surface area contributed by atoms with E-state index in [1.165, 1.54) is 6.34 Å². The lowest BCUT2D eigenvalue weighted by Crippen LogP contribution is -2.45. The molecule has 1 aliphatic heterocycles. The lowest BCUT2D eigenvalue weighted by atomic mass is 10.0. The smallest absolute Gasteiger partial charge is 0.268 e. The minimum Gasteiger partial charge on any atom is -0.476 e. The van der Waals surface area contributed by atoms with Gasteiger partial charge in [0, 0.05) is 12.6 Å². The number of amides is 1. The summed E-state index contributed by atoms with van der Waals surface area (Å²) in [7, 11) is 0. The third-order valence-corrected chi connectivity index (χ3v) is 3.52. The molecule has 23 heavy (non-hydrogen) atoms. The number of fused-ring (bicyclic) bond motifs is 1. The van der Waals surface area contributed by atoms with Crippen molar-refractivity contribution in [2.24, 2.45) is 10.7 Å². The second-order valence-electron chi connectivity index (χ2n) is 6.70. The molecule has 7 heteroatoms. The Labute approximate surface area is 135 Å². The van der Waals surface area contributed by atoms with Crippen molar-refractivity contribution >= 4 is 29.3 Å². The van der Waals surface area contributed by atoms with Gasteiger partial charge in [-0.3, -0.25) is 4.79 Å². The third-order valence-electron chi connectivity index (χ3n) is 3.52. The topological polar surface area (TPSA) is 109 Å². The predicted molar refractivity (Wildman–Crippen MR) is 91.5 cm³/mol. The minimum absolute atomic E-state index is 0.213. The van der Waals surface area contributed by atoms with E-state index in [9.17, 15) is 9.90 Å². The summed E-state index contributed by atoms with van der Waals surface area (Å²) in [6.07, 6.45) is 1.76. The van der Waals surface area contributed by atoms with Crippen LogP contribution >= 0.6 is 0 Å². The number of nitrogens with two attached hydrogens (primary N) is 1. The highest BCUT2D eigenvalue weighted by molar-refractivity contribution is 6.01. The van der Waals surface area contributed by atoms with Gasteiger partial charge in [0.15, 0.2) is 5.60 Å². The van der Waals surface area contributed by atoms with E-state index in [0.29, 0.717) is 30.1 Å². The second kappa shape index (κ2) is 6.08. The molecule has 5 N–H and O–H groups in total. The standard InChI is InChI=1S/C16H24N4O3/c1-15(2,22)5-6-18-11-8-13-12(7-10(11)19-9-17)20-14(21)16(3,4)23-13/h7-9,18,22H,5-6H2,1-4H3,(H2,17,19)(H,20,21). The molecule has 126 valence electrons. The Morgan fingerprint density at radius 1 is 1.48 bits per heavy atom. The number of hydrogen-bond donors (Lipinski definition) is 4. The van der Waals surface area contributed by atoms with Gasteiger partial charge in [0.2, 0.25) is 0 Å². The quantitative estimate of drug-likeness (QED) is 0.490. The van der Waals surface area contributed by atoms with Gasteiger partial charge in [-0.25, -0.2) is 4.99 Å². The minimum atomic E-state index is -0.935. The number of aliphatic imine (C=N–C) groups is 1. The number of ether oxygens (including phenoxy) is 1. The Hall–Kier alpha value is -2.28. The Morgan fingerprint density at radius 2 is 2.17 bits per heavy atom. The number of nitrogens with zero attached hydrogens (tertiary/aromatic N) is 1. The molecule has 0 atom stereocenters. The monoisotopic (exact) mass is 320 g/mol. The number of nitrogens with one attached hydrogen (secondary N) is 2. The molecule has 1 aromatic rings. The van der Waals surface area contributed by atoms with E-state index in [1.807, 2.05) is 0 Å². The van der Waals surface area contributed by atoms with Gasteiger partial charge in [-0.15, -0.1) is 0 Å². The zero-order valence-corrected chi connectivity index (χ0v) is 13.9. The third kappa shape index (κ3) is 4.13. The van der Waals surface area contributed by atoms with Crippen LogP contribution in [0.15, 0.2) is 17.1 Å². The summed E-state index contributed by atoms with van der Waals surface area (Å²) in [6, 6.07) is 3.49. The molecule has 0 radical (unpaired) electrons. The highest BCUT2D eigenvalue weighted by Crippen LogP contribution is 2.41. The van der Waals surface area contributed by atoms with Crippen molar-refractivity contribution in [3.8, 4) is 5.75 Å². The summed E-state index contributed by atoms with van der Waals surface area (Å²) >= 11 is 0. The number of benzene rings is 1. The highest BCUT2D eigenvalue weighted by atomic mass is 16.5. The molecule has 0 unspecified atom stereocenters. The summed E-state index contributed by atoms with van der Waals surface area (Å²) in [4.78, 5) is 16.1. The maximum absolute atomic E-state index is 12.0. The maximum Gasteiger partial charge on any atom is 0.268 e. The fourth-order valence-electron chi connectivity index (χ4n) is 2.18. The van der Waals surface area contributed by atoms with Crippen LogP contribution in [0.4, 0.5) is 17.1 Å². The largest absolute Gasteiger partial charge is 0.476 e. The number of rotatable bonds is 5. The van der Waals surface area contributed by atoms with Crippen molar-refractivity contribution in [3.63, 3.8) is 0 Å². The fourth-order valence-corrected chi connectivity index (χ4v) is 2.18.